The molecule has 0 fully saturated rings. The Kier molecular flexibility index (Phi) is 6.35. The first kappa shape index (κ1) is 19.9. The van der Waals surface area contributed by atoms with Crippen molar-refractivity contribution in [2.75, 3.05) is 6.54 Å². The summed E-state index contributed by atoms with van der Waals surface area (Å²) in [5, 5.41) is 2.79. The predicted octanol–water partition coefficient (Wildman–Crippen LogP) is 2.25. The summed E-state index contributed by atoms with van der Waals surface area (Å²) in [5.74, 6) is -0.253. The van der Waals surface area contributed by atoms with E-state index in [1.807, 2.05) is 20.8 Å². The molecule has 0 aliphatic carbocycles. The van der Waals surface area contributed by atoms with Crippen LogP contribution in [0.2, 0.25) is 0 Å². The van der Waals surface area contributed by atoms with Crippen molar-refractivity contribution in [2.45, 2.75) is 59.9 Å². The first-order valence-electron chi connectivity index (χ1n) is 8.22. The van der Waals surface area contributed by atoms with Crippen LogP contribution < -0.4 is 16.6 Å². The van der Waals surface area contributed by atoms with Gasteiger partial charge in [0.05, 0.1) is 5.56 Å². The van der Waals surface area contributed by atoms with E-state index < -0.39 is 16.8 Å². The van der Waals surface area contributed by atoms with Gasteiger partial charge in [0.1, 0.15) is 0 Å². The van der Waals surface area contributed by atoms with Crippen molar-refractivity contribution in [1.29, 1.82) is 0 Å². The number of rotatable bonds is 5. The highest BCUT2D eigenvalue weighted by Crippen LogP contribution is 2.19. The molecule has 1 rings (SSSR count). The summed E-state index contributed by atoms with van der Waals surface area (Å²) in [6.45, 7) is 12.7. The first-order valence-corrected chi connectivity index (χ1v) is 8.22. The number of aromatic amines is 1. The highest BCUT2D eigenvalue weighted by Gasteiger charge is 2.16. The molecule has 0 aliphatic heterocycles. The van der Waals surface area contributed by atoms with Crippen molar-refractivity contribution >= 4 is 12.0 Å². The van der Waals surface area contributed by atoms with Crippen molar-refractivity contribution in [3.05, 3.63) is 38.7 Å². The van der Waals surface area contributed by atoms with Crippen molar-refractivity contribution < 1.29 is 4.79 Å². The molecule has 0 aromatic carbocycles. The minimum Gasteiger partial charge on any atom is -0.353 e. The third-order valence-corrected chi connectivity index (χ3v) is 3.51. The molecular formula is C18H29N3O3. The van der Waals surface area contributed by atoms with Crippen LogP contribution in [0.25, 0.3) is 6.08 Å². The van der Waals surface area contributed by atoms with E-state index in [2.05, 4.69) is 31.1 Å². The number of hydrogen-bond donors (Lipinski definition) is 2. The molecule has 2 N–H and O–H groups in total. The van der Waals surface area contributed by atoms with E-state index in [0.29, 0.717) is 6.54 Å². The van der Waals surface area contributed by atoms with Gasteiger partial charge in [-0.2, -0.15) is 0 Å². The number of carbonyl (C=O) groups excluding carboxylic acids is 1. The molecule has 6 heteroatoms. The maximum Gasteiger partial charge on any atom is 0.328 e. The third-order valence-electron chi connectivity index (χ3n) is 3.51. The number of aromatic nitrogens is 2. The zero-order valence-electron chi connectivity index (χ0n) is 15.5. The smallest absolute Gasteiger partial charge is 0.328 e. The van der Waals surface area contributed by atoms with Crippen LogP contribution >= 0.6 is 0 Å². The topological polar surface area (TPSA) is 84.0 Å². The van der Waals surface area contributed by atoms with Gasteiger partial charge >= 0.3 is 5.69 Å². The maximum absolute atomic E-state index is 11.9. The number of carbonyl (C=O) groups is 1. The van der Waals surface area contributed by atoms with Crippen LogP contribution in [0.5, 0.6) is 0 Å². The molecule has 1 aromatic rings. The lowest BCUT2D eigenvalue weighted by Crippen LogP contribution is -2.39. The van der Waals surface area contributed by atoms with Crippen LogP contribution in [0.15, 0.2) is 21.9 Å². The Morgan fingerprint density at radius 3 is 2.38 bits per heavy atom. The van der Waals surface area contributed by atoms with Gasteiger partial charge in [0, 0.05) is 24.4 Å². The van der Waals surface area contributed by atoms with Gasteiger partial charge in [-0.25, -0.2) is 4.79 Å². The molecule has 0 saturated carbocycles. The van der Waals surface area contributed by atoms with Crippen molar-refractivity contribution in [3.8, 4) is 0 Å². The Labute approximate surface area is 143 Å². The Morgan fingerprint density at radius 1 is 1.21 bits per heavy atom. The standard InChI is InChI=1S/C18H29N3O3/c1-17(2,3)10-7-11-19-14(22)9-8-13-12-21(18(4,5)6)16(24)20-15(13)23/h8-9,12H,7,10-11H2,1-6H3,(H,19,22)(H,20,23,24)/b9-8+. The molecule has 0 aliphatic rings. The number of hydrogen-bond acceptors (Lipinski definition) is 3. The fourth-order valence-corrected chi connectivity index (χ4v) is 2.16. The molecule has 0 atom stereocenters. The maximum atomic E-state index is 11.9. The van der Waals surface area contributed by atoms with E-state index in [-0.39, 0.29) is 16.9 Å². The van der Waals surface area contributed by atoms with Crippen molar-refractivity contribution in [3.63, 3.8) is 0 Å². The molecular weight excluding hydrogens is 306 g/mol. The van der Waals surface area contributed by atoms with E-state index in [1.165, 1.54) is 22.9 Å². The average Bonchev–Trinajstić information content (AvgIpc) is 2.40. The van der Waals surface area contributed by atoms with Gasteiger partial charge in [-0.05, 0) is 45.1 Å². The van der Waals surface area contributed by atoms with Crippen LogP contribution in [-0.2, 0) is 10.3 Å². The second-order valence-corrected chi connectivity index (χ2v) is 8.17. The monoisotopic (exact) mass is 335 g/mol. The second-order valence-electron chi connectivity index (χ2n) is 8.17. The van der Waals surface area contributed by atoms with Gasteiger partial charge in [-0.1, -0.05) is 20.8 Å². The zero-order valence-corrected chi connectivity index (χ0v) is 15.5. The van der Waals surface area contributed by atoms with E-state index in [4.69, 9.17) is 0 Å². The number of nitrogens with one attached hydrogen (secondary N) is 2. The summed E-state index contributed by atoms with van der Waals surface area (Å²) in [7, 11) is 0. The van der Waals surface area contributed by atoms with E-state index >= 15 is 0 Å². The van der Waals surface area contributed by atoms with Crippen molar-refractivity contribution in [2.24, 2.45) is 5.41 Å². The molecule has 0 radical (unpaired) electrons. The molecule has 0 spiro atoms. The first-order chi connectivity index (χ1) is 10.9. The minimum atomic E-state index is -0.503. The lowest BCUT2D eigenvalue weighted by atomic mass is 9.91. The number of nitrogens with zero attached hydrogens (tertiary/aromatic N) is 1. The Balaban J connectivity index is 2.75. The average molecular weight is 335 g/mol. The largest absolute Gasteiger partial charge is 0.353 e. The van der Waals surface area contributed by atoms with Crippen LogP contribution in [0.4, 0.5) is 0 Å². The normalized spacial score (nSPS) is 12.6. The fourth-order valence-electron chi connectivity index (χ4n) is 2.16. The van der Waals surface area contributed by atoms with E-state index in [9.17, 15) is 14.4 Å². The quantitative estimate of drug-likeness (QED) is 0.639. The predicted molar refractivity (Wildman–Crippen MR) is 97.1 cm³/mol. The molecule has 1 amide bonds. The Hall–Kier alpha value is -2.11. The van der Waals surface area contributed by atoms with E-state index in [1.54, 1.807) is 0 Å². The van der Waals surface area contributed by atoms with Crippen LogP contribution in [0.1, 0.15) is 59.9 Å². The summed E-state index contributed by atoms with van der Waals surface area (Å²) in [4.78, 5) is 37.8. The number of amides is 1. The van der Waals surface area contributed by atoms with Crippen LogP contribution in [0.3, 0.4) is 0 Å². The van der Waals surface area contributed by atoms with Crippen LogP contribution in [-0.4, -0.2) is 22.0 Å². The van der Waals surface area contributed by atoms with Gasteiger partial charge in [0.15, 0.2) is 0 Å². The molecule has 24 heavy (non-hydrogen) atoms. The molecule has 6 nitrogen and oxygen atoms in total. The van der Waals surface area contributed by atoms with Crippen LogP contribution in [0, 0.1) is 5.41 Å². The van der Waals surface area contributed by atoms with Gasteiger partial charge in [0.25, 0.3) is 5.56 Å². The van der Waals surface area contributed by atoms with E-state index in [0.717, 1.165) is 12.8 Å². The van der Waals surface area contributed by atoms with Crippen molar-refractivity contribution in [1.82, 2.24) is 14.9 Å². The second kappa shape index (κ2) is 7.64. The molecule has 1 aromatic heterocycles. The Bertz CT molecular complexity index is 713. The zero-order chi connectivity index (χ0) is 18.5. The van der Waals surface area contributed by atoms with Gasteiger partial charge in [-0.3, -0.25) is 19.1 Å². The Morgan fingerprint density at radius 2 is 1.83 bits per heavy atom. The third kappa shape index (κ3) is 6.56. The summed E-state index contributed by atoms with van der Waals surface area (Å²) in [6.07, 6.45) is 6.15. The lowest BCUT2D eigenvalue weighted by molar-refractivity contribution is -0.116. The number of H-pyrrole nitrogens is 1. The molecule has 0 saturated heterocycles. The summed E-state index contributed by atoms with van der Waals surface area (Å²) >= 11 is 0. The molecule has 0 bridgehead atoms. The molecule has 1 heterocycles. The lowest BCUT2D eigenvalue weighted by Gasteiger charge is -2.21. The minimum absolute atomic E-state index is 0.245. The molecule has 134 valence electrons. The fraction of sp³-hybridized carbons (Fsp3) is 0.611. The SMILES string of the molecule is CC(C)(C)CCCNC(=O)/C=C/c1cn(C(C)(C)C)c(=O)[nH]c1=O. The van der Waals surface area contributed by atoms with Gasteiger partial charge in [-0.15, -0.1) is 0 Å². The highest BCUT2D eigenvalue weighted by molar-refractivity contribution is 5.91. The molecule has 0 unspecified atom stereocenters. The van der Waals surface area contributed by atoms with Gasteiger partial charge < -0.3 is 5.32 Å². The highest BCUT2D eigenvalue weighted by atomic mass is 16.2. The summed E-state index contributed by atoms with van der Waals surface area (Å²) in [5.41, 5.74) is -0.906. The summed E-state index contributed by atoms with van der Waals surface area (Å²) in [6, 6.07) is 0. The van der Waals surface area contributed by atoms with Gasteiger partial charge in [0.2, 0.25) is 5.91 Å². The summed E-state index contributed by atoms with van der Waals surface area (Å²) < 4.78 is 1.44.